The van der Waals surface area contributed by atoms with E-state index in [-0.39, 0.29) is 18.5 Å². The fraction of sp³-hybridized carbons (Fsp3) is 0.571. The molecule has 0 aromatic carbocycles. The number of ether oxygens (including phenoxy) is 2. The van der Waals surface area contributed by atoms with Crippen LogP contribution in [0.1, 0.15) is 84.9 Å². The zero-order valence-corrected chi connectivity index (χ0v) is 22.6. The molecule has 0 spiro atoms. The molecular weight excluding hydrogens is 470 g/mol. The molecule has 3 aromatic rings. The molecule has 0 radical (unpaired) electrons. The summed E-state index contributed by atoms with van der Waals surface area (Å²) in [5.74, 6) is 0.631. The van der Waals surface area contributed by atoms with E-state index in [2.05, 4.69) is 21.9 Å². The van der Waals surface area contributed by atoms with E-state index in [1.807, 2.05) is 18.5 Å². The molecule has 2 aliphatic carbocycles. The molecule has 5 rings (SSSR count). The van der Waals surface area contributed by atoms with E-state index in [0.717, 1.165) is 58.4 Å². The SMILES string of the molecule is CC(C)(C)OC(=O)N(CC1CC(n2cc(-c3nccc4[nH]ccc34)c(C3CC3)n2)C1)C(=O)OC(C)(C)C. The first-order valence-electron chi connectivity index (χ1n) is 13.1. The van der Waals surface area contributed by atoms with Crippen LogP contribution in [0.3, 0.4) is 0 Å². The van der Waals surface area contributed by atoms with Crippen molar-refractivity contribution in [3.8, 4) is 11.3 Å². The molecule has 2 saturated carbocycles. The highest BCUT2D eigenvalue weighted by Crippen LogP contribution is 2.46. The van der Waals surface area contributed by atoms with Gasteiger partial charge >= 0.3 is 12.2 Å². The second-order valence-electron chi connectivity index (χ2n) is 12.3. The van der Waals surface area contributed by atoms with Crippen molar-refractivity contribution in [2.45, 2.75) is 90.4 Å². The van der Waals surface area contributed by atoms with Gasteiger partial charge in [0.05, 0.1) is 17.4 Å². The van der Waals surface area contributed by atoms with E-state index in [9.17, 15) is 9.59 Å². The van der Waals surface area contributed by atoms with Crippen molar-refractivity contribution in [3.63, 3.8) is 0 Å². The number of carbonyl (C=O) groups is 2. The van der Waals surface area contributed by atoms with Gasteiger partial charge in [-0.2, -0.15) is 5.10 Å². The van der Waals surface area contributed by atoms with Gasteiger partial charge in [-0.25, -0.2) is 14.5 Å². The summed E-state index contributed by atoms with van der Waals surface area (Å²) in [7, 11) is 0. The Labute approximate surface area is 217 Å². The summed E-state index contributed by atoms with van der Waals surface area (Å²) in [6.45, 7) is 11.0. The summed E-state index contributed by atoms with van der Waals surface area (Å²) in [6.07, 6.45) is 8.49. The molecule has 2 aliphatic rings. The van der Waals surface area contributed by atoms with E-state index < -0.39 is 23.4 Å². The van der Waals surface area contributed by atoms with Gasteiger partial charge in [-0.05, 0) is 85.3 Å². The highest BCUT2D eigenvalue weighted by Gasteiger charge is 2.39. The average Bonchev–Trinajstić information content (AvgIpc) is 3.31. The molecule has 37 heavy (non-hydrogen) atoms. The molecule has 0 unspecified atom stereocenters. The zero-order valence-electron chi connectivity index (χ0n) is 22.6. The monoisotopic (exact) mass is 507 g/mol. The van der Waals surface area contributed by atoms with Crippen LogP contribution in [0, 0.1) is 5.92 Å². The van der Waals surface area contributed by atoms with Crippen molar-refractivity contribution in [1.82, 2.24) is 24.6 Å². The summed E-state index contributed by atoms with van der Waals surface area (Å²) in [4.78, 5) is 34.8. The maximum atomic E-state index is 12.9. The van der Waals surface area contributed by atoms with Crippen LogP contribution in [0.5, 0.6) is 0 Å². The molecule has 198 valence electrons. The summed E-state index contributed by atoms with van der Waals surface area (Å²) in [5, 5.41) is 6.11. The molecule has 9 nitrogen and oxygen atoms in total. The van der Waals surface area contributed by atoms with Crippen LogP contribution in [0.25, 0.3) is 22.2 Å². The van der Waals surface area contributed by atoms with Crippen molar-refractivity contribution in [2.24, 2.45) is 5.92 Å². The zero-order chi connectivity index (χ0) is 26.5. The summed E-state index contributed by atoms with van der Waals surface area (Å²) in [5.41, 5.74) is 2.83. The topological polar surface area (TPSA) is 102 Å². The predicted octanol–water partition coefficient (Wildman–Crippen LogP) is 6.43. The lowest BCUT2D eigenvalue weighted by molar-refractivity contribution is -0.00641. The van der Waals surface area contributed by atoms with Crippen LogP contribution in [-0.2, 0) is 9.47 Å². The molecule has 0 saturated heterocycles. The minimum atomic E-state index is -0.708. The van der Waals surface area contributed by atoms with Crippen LogP contribution in [-0.4, -0.2) is 54.6 Å². The van der Waals surface area contributed by atoms with Gasteiger partial charge in [-0.15, -0.1) is 0 Å². The van der Waals surface area contributed by atoms with E-state index in [1.165, 1.54) is 0 Å². The van der Waals surface area contributed by atoms with Crippen molar-refractivity contribution < 1.29 is 19.1 Å². The minimum Gasteiger partial charge on any atom is -0.443 e. The Hall–Kier alpha value is -3.36. The number of fused-ring (bicyclic) bond motifs is 1. The molecule has 9 heteroatoms. The lowest BCUT2D eigenvalue weighted by Gasteiger charge is -2.38. The first kappa shape index (κ1) is 25.3. The standard InChI is InChI=1S/C28H37N5O4/c1-27(2,3)36-25(34)32(26(35)37-28(4,5)6)15-17-13-19(14-17)33-16-21(23(31-33)18-7-8-18)24-20-9-11-29-22(20)10-12-30-24/h9-12,16-19,29H,7-8,13-15H2,1-6H3. The highest BCUT2D eigenvalue weighted by atomic mass is 16.6. The van der Waals surface area contributed by atoms with Gasteiger partial charge in [-0.3, -0.25) is 9.67 Å². The Morgan fingerprint density at radius 2 is 1.70 bits per heavy atom. The molecule has 0 aliphatic heterocycles. The first-order valence-corrected chi connectivity index (χ1v) is 13.1. The highest BCUT2D eigenvalue weighted by molar-refractivity contribution is 5.93. The number of amides is 2. The fourth-order valence-electron chi connectivity index (χ4n) is 4.81. The van der Waals surface area contributed by atoms with Crippen LogP contribution >= 0.6 is 0 Å². The lowest BCUT2D eigenvalue weighted by atomic mass is 9.80. The molecule has 0 atom stereocenters. The number of hydrogen-bond donors (Lipinski definition) is 1. The molecule has 2 amide bonds. The maximum absolute atomic E-state index is 12.9. The third-order valence-electron chi connectivity index (χ3n) is 6.71. The number of imide groups is 1. The van der Waals surface area contributed by atoms with Gasteiger partial charge in [0.15, 0.2) is 0 Å². The summed E-state index contributed by atoms with van der Waals surface area (Å²) >= 11 is 0. The Bertz CT molecular complexity index is 1270. The second kappa shape index (κ2) is 9.19. The number of aromatic nitrogens is 4. The quantitative estimate of drug-likeness (QED) is 0.427. The van der Waals surface area contributed by atoms with E-state index in [1.54, 1.807) is 41.5 Å². The largest absolute Gasteiger partial charge is 0.443 e. The third-order valence-corrected chi connectivity index (χ3v) is 6.71. The van der Waals surface area contributed by atoms with Crippen LogP contribution in [0.2, 0.25) is 0 Å². The molecular formula is C28H37N5O4. The first-order chi connectivity index (χ1) is 17.4. The maximum Gasteiger partial charge on any atom is 0.419 e. The van der Waals surface area contributed by atoms with E-state index >= 15 is 0 Å². The molecule has 1 N–H and O–H groups in total. The Balaban J connectivity index is 1.31. The number of rotatable bonds is 5. The Morgan fingerprint density at radius 3 is 2.30 bits per heavy atom. The fourth-order valence-corrected chi connectivity index (χ4v) is 4.81. The van der Waals surface area contributed by atoms with Crippen molar-refractivity contribution in [3.05, 3.63) is 36.4 Å². The number of H-pyrrole nitrogens is 1. The molecule has 2 fully saturated rings. The molecule has 0 bridgehead atoms. The van der Waals surface area contributed by atoms with Crippen molar-refractivity contribution >= 4 is 23.1 Å². The van der Waals surface area contributed by atoms with Crippen molar-refractivity contribution in [2.75, 3.05) is 6.54 Å². The van der Waals surface area contributed by atoms with Crippen LogP contribution in [0.4, 0.5) is 9.59 Å². The summed E-state index contributed by atoms with van der Waals surface area (Å²) in [6, 6.07) is 4.26. The Morgan fingerprint density at radius 1 is 1.05 bits per heavy atom. The lowest BCUT2D eigenvalue weighted by Crippen LogP contribution is -2.47. The van der Waals surface area contributed by atoms with Gasteiger partial charge < -0.3 is 14.5 Å². The van der Waals surface area contributed by atoms with Gasteiger partial charge in [0.2, 0.25) is 0 Å². The normalized spacial score (nSPS) is 19.9. The van der Waals surface area contributed by atoms with Gasteiger partial charge in [0.25, 0.3) is 0 Å². The van der Waals surface area contributed by atoms with Gasteiger partial charge in [0.1, 0.15) is 11.2 Å². The number of nitrogens with one attached hydrogen (secondary N) is 1. The number of pyridine rings is 1. The minimum absolute atomic E-state index is 0.147. The van der Waals surface area contributed by atoms with Gasteiger partial charge in [0, 0.05) is 47.5 Å². The van der Waals surface area contributed by atoms with E-state index in [4.69, 9.17) is 19.6 Å². The average molecular weight is 508 g/mol. The number of hydrogen-bond acceptors (Lipinski definition) is 6. The van der Waals surface area contributed by atoms with Crippen LogP contribution < -0.4 is 0 Å². The van der Waals surface area contributed by atoms with Crippen molar-refractivity contribution in [1.29, 1.82) is 0 Å². The number of aromatic amines is 1. The second-order valence-corrected chi connectivity index (χ2v) is 12.3. The number of nitrogens with zero attached hydrogens (tertiary/aromatic N) is 4. The van der Waals surface area contributed by atoms with Gasteiger partial charge in [-0.1, -0.05) is 0 Å². The smallest absolute Gasteiger partial charge is 0.419 e. The van der Waals surface area contributed by atoms with Crippen LogP contribution in [0.15, 0.2) is 30.7 Å². The Kier molecular flexibility index (Phi) is 6.28. The summed E-state index contributed by atoms with van der Waals surface area (Å²) < 4.78 is 13.1. The third kappa shape index (κ3) is 5.65. The molecule has 3 aromatic heterocycles. The molecule has 3 heterocycles. The number of carbonyl (C=O) groups excluding carboxylic acids is 2. The predicted molar refractivity (Wildman–Crippen MR) is 140 cm³/mol. The van der Waals surface area contributed by atoms with E-state index in [0.29, 0.717) is 5.92 Å².